The van der Waals surface area contributed by atoms with E-state index in [1.807, 2.05) is 0 Å². The molecular formula is C33H40O19. The van der Waals surface area contributed by atoms with E-state index in [2.05, 4.69) is 0 Å². The largest absolute Gasteiger partial charge is 0.507 e. The van der Waals surface area contributed by atoms with Crippen LogP contribution in [-0.2, 0) is 18.9 Å². The summed E-state index contributed by atoms with van der Waals surface area (Å²) in [6.07, 6.45) is -22.1. The number of aliphatic hydroxyl groups excluding tert-OH is 10. The van der Waals surface area contributed by atoms with Gasteiger partial charge in [0.05, 0.1) is 24.9 Å². The highest BCUT2D eigenvalue weighted by Crippen LogP contribution is 2.34. The van der Waals surface area contributed by atoms with Crippen molar-refractivity contribution < 1.29 is 89.0 Å². The Morgan fingerprint density at radius 3 is 1.88 bits per heavy atom. The van der Waals surface area contributed by atoms with Gasteiger partial charge in [0.1, 0.15) is 95.5 Å². The fourth-order valence-electron chi connectivity index (χ4n) is 6.20. The van der Waals surface area contributed by atoms with Crippen LogP contribution in [0.1, 0.15) is 6.92 Å². The van der Waals surface area contributed by atoms with Crippen LogP contribution in [0.4, 0.5) is 0 Å². The molecule has 15 atom stereocenters. The van der Waals surface area contributed by atoms with Crippen molar-refractivity contribution in [2.75, 3.05) is 13.2 Å². The first kappa shape index (κ1) is 38.2. The summed E-state index contributed by atoms with van der Waals surface area (Å²) in [4.78, 5) is 13.5. The fourth-order valence-corrected chi connectivity index (χ4v) is 6.20. The zero-order valence-corrected chi connectivity index (χ0v) is 27.3. The smallest absolute Gasteiger partial charge is 0.229 e. The Morgan fingerprint density at radius 2 is 1.23 bits per heavy atom. The second kappa shape index (κ2) is 15.5. The third kappa shape index (κ3) is 7.21. The Hall–Kier alpha value is -3.51. The number of ether oxygens (including phenoxy) is 6. The number of benzene rings is 2. The van der Waals surface area contributed by atoms with Gasteiger partial charge in [0.2, 0.25) is 18.0 Å². The molecule has 0 amide bonds. The lowest BCUT2D eigenvalue weighted by molar-refractivity contribution is -0.357. The number of rotatable bonds is 9. The zero-order valence-electron chi connectivity index (χ0n) is 27.3. The van der Waals surface area contributed by atoms with Crippen LogP contribution in [0, 0.1) is 0 Å². The van der Waals surface area contributed by atoms with Crippen LogP contribution in [-0.4, -0.2) is 162 Å². The van der Waals surface area contributed by atoms with Crippen LogP contribution in [0.3, 0.4) is 0 Å². The lowest BCUT2D eigenvalue weighted by Gasteiger charge is -2.45. The predicted octanol–water partition coefficient (Wildman–Crippen LogP) is -3.63. The monoisotopic (exact) mass is 740 g/mol. The normalized spacial score (nSPS) is 38.2. The highest BCUT2D eigenvalue weighted by molar-refractivity contribution is 5.88. The topological polar surface area (TPSA) is 308 Å². The summed E-state index contributed by atoms with van der Waals surface area (Å²) in [5, 5.41) is 112. The predicted molar refractivity (Wildman–Crippen MR) is 170 cm³/mol. The van der Waals surface area contributed by atoms with Gasteiger partial charge in [-0.3, -0.25) is 4.79 Å². The molecule has 3 aliphatic heterocycles. The van der Waals surface area contributed by atoms with E-state index in [4.69, 9.17) is 32.8 Å². The van der Waals surface area contributed by atoms with Gasteiger partial charge in [-0.1, -0.05) is 12.1 Å². The van der Waals surface area contributed by atoms with Crippen molar-refractivity contribution in [2.24, 2.45) is 0 Å². The summed E-state index contributed by atoms with van der Waals surface area (Å²) in [7, 11) is 0. The Labute approximate surface area is 293 Å². The van der Waals surface area contributed by atoms with Gasteiger partial charge in [0, 0.05) is 12.1 Å². The molecule has 19 nitrogen and oxygen atoms in total. The van der Waals surface area contributed by atoms with E-state index >= 15 is 0 Å². The third-order valence-corrected chi connectivity index (χ3v) is 9.27. The van der Waals surface area contributed by atoms with Gasteiger partial charge in [-0.25, -0.2) is 0 Å². The molecule has 4 heterocycles. The van der Waals surface area contributed by atoms with Crippen LogP contribution in [0.5, 0.6) is 17.2 Å². The van der Waals surface area contributed by atoms with Gasteiger partial charge in [-0.05, 0) is 24.6 Å². The van der Waals surface area contributed by atoms with Crippen LogP contribution in [0.25, 0.3) is 22.1 Å². The summed E-state index contributed by atoms with van der Waals surface area (Å²) < 4.78 is 39.2. The zero-order chi connectivity index (χ0) is 37.6. The van der Waals surface area contributed by atoms with E-state index in [-0.39, 0.29) is 28.0 Å². The lowest BCUT2D eigenvalue weighted by Crippen LogP contribution is -2.65. The number of hydrogen-bond donors (Lipinski definition) is 11. The number of phenolic OH excluding ortho intramolecular Hbond substituents is 1. The van der Waals surface area contributed by atoms with Gasteiger partial charge >= 0.3 is 0 Å². The van der Waals surface area contributed by atoms with Gasteiger partial charge in [0.15, 0.2) is 12.4 Å². The van der Waals surface area contributed by atoms with E-state index in [9.17, 15) is 61.0 Å². The third-order valence-electron chi connectivity index (χ3n) is 9.27. The molecule has 1 aromatic heterocycles. The minimum Gasteiger partial charge on any atom is -0.507 e. The van der Waals surface area contributed by atoms with Gasteiger partial charge in [-0.2, -0.15) is 0 Å². The molecule has 0 spiro atoms. The van der Waals surface area contributed by atoms with Crippen molar-refractivity contribution >= 4 is 11.0 Å². The number of phenols is 1. The Morgan fingerprint density at radius 1 is 0.654 bits per heavy atom. The van der Waals surface area contributed by atoms with Gasteiger partial charge < -0.3 is 89.0 Å². The Balaban J connectivity index is 1.20. The van der Waals surface area contributed by atoms with E-state index in [0.717, 1.165) is 12.3 Å². The molecule has 0 aliphatic carbocycles. The van der Waals surface area contributed by atoms with Crippen molar-refractivity contribution in [3.05, 3.63) is 52.9 Å². The standard InChI is InChI=1S/C33H40O19/c1-11-21(37)25(41)28(44)31(47-11)49-14-6-16(36)20-17(7-14)46-10-15(22(20)38)12-2-4-13(5-3-12)48-33-30(27(43)24(40)19(9-35)51-33)52-32-29(45)26(42)23(39)18(8-34)50-32/h2-7,10-11,18-19,21,23-37,39-45H,8-9H2,1H3. The molecule has 2 aromatic carbocycles. The first-order chi connectivity index (χ1) is 24.7. The maximum absolute atomic E-state index is 13.5. The minimum atomic E-state index is -1.85. The molecule has 52 heavy (non-hydrogen) atoms. The molecule has 19 heteroatoms. The molecule has 0 saturated carbocycles. The number of fused-ring (bicyclic) bond motifs is 1. The SMILES string of the molecule is CC1OC(Oc2cc(O)c3c(=O)c(-c4ccc(OC5OC(CO)C(O)C(O)C5OC5OC(CO)C(O)C(O)C5O)cc4)coc3c2)C(O)C(O)C1O. The van der Waals surface area contributed by atoms with Crippen molar-refractivity contribution in [3.8, 4) is 28.4 Å². The molecule has 3 saturated heterocycles. The maximum Gasteiger partial charge on any atom is 0.229 e. The Bertz CT molecular complexity index is 1730. The van der Waals surface area contributed by atoms with Crippen molar-refractivity contribution in [1.82, 2.24) is 0 Å². The summed E-state index contributed by atoms with van der Waals surface area (Å²) in [6, 6.07) is 8.07. The molecule has 6 rings (SSSR count). The molecular weight excluding hydrogens is 700 g/mol. The van der Waals surface area contributed by atoms with Crippen LogP contribution in [0.2, 0.25) is 0 Å². The molecule has 11 N–H and O–H groups in total. The summed E-state index contributed by atoms with van der Waals surface area (Å²) >= 11 is 0. The summed E-state index contributed by atoms with van der Waals surface area (Å²) in [5.41, 5.74) is -0.379. The van der Waals surface area contributed by atoms with E-state index in [0.29, 0.717) is 5.56 Å². The van der Waals surface area contributed by atoms with Crippen LogP contribution < -0.4 is 14.9 Å². The molecule has 15 unspecified atom stereocenters. The van der Waals surface area contributed by atoms with Crippen molar-refractivity contribution in [1.29, 1.82) is 0 Å². The molecule has 3 aromatic rings. The molecule has 3 fully saturated rings. The molecule has 0 bridgehead atoms. The van der Waals surface area contributed by atoms with E-state index < -0.39 is 117 Å². The van der Waals surface area contributed by atoms with Crippen molar-refractivity contribution in [2.45, 2.75) is 99.0 Å². The second-order valence-corrected chi connectivity index (χ2v) is 12.7. The number of aliphatic hydroxyl groups is 10. The van der Waals surface area contributed by atoms with Crippen molar-refractivity contribution in [3.63, 3.8) is 0 Å². The number of aromatic hydroxyl groups is 1. The first-order valence-corrected chi connectivity index (χ1v) is 16.2. The van der Waals surface area contributed by atoms with E-state index in [1.54, 1.807) is 0 Å². The van der Waals surface area contributed by atoms with Crippen LogP contribution in [0.15, 0.2) is 51.9 Å². The van der Waals surface area contributed by atoms with Gasteiger partial charge in [-0.15, -0.1) is 0 Å². The minimum absolute atomic E-state index is 0.0247. The average Bonchev–Trinajstić information content (AvgIpc) is 3.13. The second-order valence-electron chi connectivity index (χ2n) is 12.7. The first-order valence-electron chi connectivity index (χ1n) is 16.2. The summed E-state index contributed by atoms with van der Waals surface area (Å²) in [5.74, 6) is -0.520. The Kier molecular flexibility index (Phi) is 11.4. The van der Waals surface area contributed by atoms with Crippen LogP contribution >= 0.6 is 0 Å². The molecule has 0 radical (unpaired) electrons. The maximum atomic E-state index is 13.5. The summed E-state index contributed by atoms with van der Waals surface area (Å²) in [6.45, 7) is -0.0116. The van der Waals surface area contributed by atoms with E-state index in [1.165, 1.54) is 37.3 Å². The molecule has 3 aliphatic rings. The molecule has 286 valence electrons. The highest BCUT2D eigenvalue weighted by Gasteiger charge is 2.51. The quantitative estimate of drug-likeness (QED) is 0.101. The lowest BCUT2D eigenvalue weighted by atomic mass is 9.97. The average molecular weight is 741 g/mol. The fraction of sp³-hybridized carbons (Fsp3) is 0.545. The highest BCUT2D eigenvalue weighted by atomic mass is 16.8. The van der Waals surface area contributed by atoms with Gasteiger partial charge in [0.25, 0.3) is 0 Å². The number of hydrogen-bond acceptors (Lipinski definition) is 19.